The topological polar surface area (TPSA) is 200 Å². The monoisotopic (exact) mass is 710 g/mol. The predicted molar refractivity (Wildman–Crippen MR) is 186 cm³/mol. The number of amidine groups is 1. The molecule has 16 heteroatoms. The number of nitrogens with two attached hydrogens (primary N) is 1. The summed E-state index contributed by atoms with van der Waals surface area (Å²) in [6.07, 6.45) is -0.536. The standard InChI is InChI=1S/C33H38N6O8S2/c1-20(40)47-38-30(34)22-9-6-8-21(16-22)17-27(31-37-26-13-12-24(45-5)19-28(26)48-31)39-49(43,44)25-11-7-10-23(18-25)36-29(41)14-15-35-32(42)46-33(2,3)4/h6-13,16,18-19,27,39H,14-15,17H2,1-5H3,(H2,34,38)(H,35,42)(H,36,41). The van der Waals surface area contributed by atoms with Crippen LogP contribution in [-0.4, -0.2) is 56.5 Å². The number of hydrogen-bond donors (Lipinski definition) is 4. The third-order valence-corrected chi connectivity index (χ3v) is 9.19. The van der Waals surface area contributed by atoms with Crippen LogP contribution in [0.5, 0.6) is 5.75 Å². The highest BCUT2D eigenvalue weighted by Crippen LogP contribution is 2.32. The van der Waals surface area contributed by atoms with Crippen LogP contribution in [0.15, 0.2) is 76.8 Å². The van der Waals surface area contributed by atoms with Gasteiger partial charge >= 0.3 is 12.1 Å². The smallest absolute Gasteiger partial charge is 0.407 e. The Kier molecular flexibility index (Phi) is 11.9. The third kappa shape index (κ3) is 11.0. The maximum atomic E-state index is 13.8. The molecule has 1 heterocycles. The first-order valence-electron chi connectivity index (χ1n) is 15.1. The van der Waals surface area contributed by atoms with Crippen LogP contribution in [0.2, 0.25) is 0 Å². The molecule has 4 aromatic rings. The molecule has 3 aromatic carbocycles. The number of hydrogen-bond acceptors (Lipinski definition) is 11. The van der Waals surface area contributed by atoms with Crippen molar-refractivity contribution in [2.24, 2.45) is 10.9 Å². The number of nitrogens with zero attached hydrogens (tertiary/aromatic N) is 2. The van der Waals surface area contributed by atoms with Gasteiger partial charge in [0.2, 0.25) is 15.9 Å². The zero-order valence-electron chi connectivity index (χ0n) is 27.6. The molecule has 260 valence electrons. The number of methoxy groups -OCH3 is 1. The van der Waals surface area contributed by atoms with Gasteiger partial charge in [-0.05, 0) is 75.2 Å². The van der Waals surface area contributed by atoms with Crippen LogP contribution >= 0.6 is 11.3 Å². The molecule has 0 bridgehead atoms. The number of sulfonamides is 1. The molecule has 49 heavy (non-hydrogen) atoms. The Balaban J connectivity index is 1.56. The summed E-state index contributed by atoms with van der Waals surface area (Å²) in [5.41, 5.74) is 7.42. The second-order valence-electron chi connectivity index (χ2n) is 11.8. The van der Waals surface area contributed by atoms with E-state index in [0.717, 1.165) is 4.70 Å². The van der Waals surface area contributed by atoms with Crippen LogP contribution in [0.4, 0.5) is 10.5 Å². The van der Waals surface area contributed by atoms with Crippen molar-refractivity contribution < 1.29 is 37.1 Å². The van der Waals surface area contributed by atoms with Gasteiger partial charge in [0.05, 0.1) is 28.3 Å². The van der Waals surface area contributed by atoms with Gasteiger partial charge in [-0.3, -0.25) is 4.79 Å². The lowest BCUT2D eigenvalue weighted by Crippen LogP contribution is -2.34. The number of alkyl carbamates (subject to hydrolysis) is 1. The third-order valence-electron chi connectivity index (χ3n) is 6.59. The number of carbonyl (C=O) groups excluding carboxylic acids is 3. The van der Waals surface area contributed by atoms with Gasteiger partial charge in [-0.15, -0.1) is 11.3 Å². The lowest BCUT2D eigenvalue weighted by Gasteiger charge is -2.19. The first kappa shape index (κ1) is 36.8. The summed E-state index contributed by atoms with van der Waals surface area (Å²) in [5, 5.41) is 9.32. The van der Waals surface area contributed by atoms with E-state index < -0.39 is 39.6 Å². The van der Waals surface area contributed by atoms with Gasteiger partial charge in [-0.25, -0.2) is 27.7 Å². The Hall–Kier alpha value is -5.06. The molecular formula is C33H38N6O8S2. The van der Waals surface area contributed by atoms with E-state index >= 15 is 0 Å². The molecular weight excluding hydrogens is 673 g/mol. The molecule has 1 aromatic heterocycles. The zero-order valence-corrected chi connectivity index (χ0v) is 29.2. The van der Waals surface area contributed by atoms with E-state index in [0.29, 0.717) is 27.4 Å². The van der Waals surface area contributed by atoms with Crippen LogP contribution in [0, 0.1) is 0 Å². The summed E-state index contributed by atoms with van der Waals surface area (Å²) >= 11 is 1.32. The molecule has 0 fully saturated rings. The maximum absolute atomic E-state index is 13.8. The molecule has 14 nitrogen and oxygen atoms in total. The molecule has 0 radical (unpaired) electrons. The molecule has 0 aliphatic rings. The van der Waals surface area contributed by atoms with Crippen molar-refractivity contribution in [3.05, 3.63) is 82.9 Å². The number of nitrogens with one attached hydrogen (secondary N) is 3. The number of ether oxygens (including phenoxy) is 2. The summed E-state index contributed by atoms with van der Waals surface area (Å²) < 4.78 is 41.7. The molecule has 0 saturated heterocycles. The fraction of sp³-hybridized carbons (Fsp3) is 0.303. The highest BCUT2D eigenvalue weighted by atomic mass is 32.2. The quantitative estimate of drug-likeness (QED) is 0.0658. The van der Waals surface area contributed by atoms with E-state index in [2.05, 4.69) is 25.3 Å². The molecule has 0 spiro atoms. The minimum absolute atomic E-state index is 0.0263. The molecule has 2 amide bonds. The Labute approximate surface area is 288 Å². The SMILES string of the molecule is COc1ccc2nc(C(Cc3cccc(C(N)=NOC(C)=O)c3)NS(=O)(=O)c3cccc(NC(=O)CCNC(=O)OC(C)(C)C)c3)sc2c1. The van der Waals surface area contributed by atoms with E-state index in [-0.39, 0.29) is 35.8 Å². The molecule has 4 rings (SSSR count). The van der Waals surface area contributed by atoms with Crippen molar-refractivity contribution in [2.45, 2.75) is 57.1 Å². The Morgan fingerprint density at radius 2 is 1.80 bits per heavy atom. The van der Waals surface area contributed by atoms with E-state index in [1.807, 2.05) is 6.07 Å². The fourth-order valence-electron chi connectivity index (χ4n) is 4.45. The average Bonchev–Trinajstić information content (AvgIpc) is 3.46. The van der Waals surface area contributed by atoms with Crippen LogP contribution in [0.1, 0.15) is 56.3 Å². The minimum Gasteiger partial charge on any atom is -0.497 e. The molecule has 0 saturated carbocycles. The highest BCUT2D eigenvalue weighted by molar-refractivity contribution is 7.89. The molecule has 1 atom stereocenters. The van der Waals surface area contributed by atoms with Crippen molar-refractivity contribution >= 4 is 61.1 Å². The van der Waals surface area contributed by atoms with Crippen molar-refractivity contribution in [1.82, 2.24) is 15.0 Å². The molecule has 1 unspecified atom stereocenters. The Morgan fingerprint density at radius 3 is 2.51 bits per heavy atom. The van der Waals surface area contributed by atoms with Gasteiger partial charge in [0.25, 0.3) is 0 Å². The number of amides is 2. The average molecular weight is 711 g/mol. The van der Waals surface area contributed by atoms with Crippen LogP contribution in [0.3, 0.4) is 0 Å². The number of fused-ring (bicyclic) bond motifs is 1. The summed E-state index contributed by atoms with van der Waals surface area (Å²) in [6.45, 7) is 6.42. The van der Waals surface area contributed by atoms with Crippen LogP contribution in [-0.2, 0) is 35.6 Å². The fourth-order valence-corrected chi connectivity index (χ4v) is 6.82. The lowest BCUT2D eigenvalue weighted by molar-refractivity contribution is -0.140. The first-order chi connectivity index (χ1) is 23.1. The number of anilines is 1. The molecule has 5 N–H and O–H groups in total. The van der Waals surface area contributed by atoms with Gasteiger partial charge in [0.1, 0.15) is 16.4 Å². The van der Waals surface area contributed by atoms with E-state index in [4.69, 9.17) is 20.2 Å². The van der Waals surface area contributed by atoms with Gasteiger partial charge in [0.15, 0.2) is 5.84 Å². The highest BCUT2D eigenvalue weighted by Gasteiger charge is 2.26. The van der Waals surface area contributed by atoms with Crippen molar-refractivity contribution in [2.75, 3.05) is 19.0 Å². The normalized spacial score (nSPS) is 12.6. The van der Waals surface area contributed by atoms with Crippen molar-refractivity contribution in [3.63, 3.8) is 0 Å². The number of benzene rings is 3. The predicted octanol–water partition coefficient (Wildman–Crippen LogP) is 4.60. The van der Waals surface area contributed by atoms with E-state index in [1.54, 1.807) is 70.3 Å². The second-order valence-corrected chi connectivity index (χ2v) is 14.6. The van der Waals surface area contributed by atoms with Gasteiger partial charge in [-0.2, -0.15) is 0 Å². The largest absolute Gasteiger partial charge is 0.497 e. The number of carbonyl (C=O) groups is 3. The molecule has 0 aliphatic heterocycles. The summed E-state index contributed by atoms with van der Waals surface area (Å²) in [7, 11) is -2.61. The van der Waals surface area contributed by atoms with Crippen molar-refractivity contribution in [1.29, 1.82) is 0 Å². The number of aromatic nitrogens is 1. The minimum atomic E-state index is -4.17. The second kappa shape index (κ2) is 15.9. The zero-order chi connectivity index (χ0) is 35.8. The Bertz CT molecular complexity index is 1970. The summed E-state index contributed by atoms with van der Waals surface area (Å²) in [4.78, 5) is 44.9. The van der Waals surface area contributed by atoms with E-state index in [9.17, 15) is 22.8 Å². The van der Waals surface area contributed by atoms with Gasteiger partial charge < -0.3 is 30.7 Å². The number of rotatable bonds is 13. The van der Waals surface area contributed by atoms with Gasteiger partial charge in [0, 0.05) is 31.1 Å². The lowest BCUT2D eigenvalue weighted by atomic mass is 10.0. The first-order valence-corrected chi connectivity index (χ1v) is 17.4. The van der Waals surface area contributed by atoms with Crippen LogP contribution < -0.4 is 25.8 Å². The van der Waals surface area contributed by atoms with Crippen molar-refractivity contribution in [3.8, 4) is 5.75 Å². The van der Waals surface area contributed by atoms with Gasteiger partial charge in [-0.1, -0.05) is 29.4 Å². The van der Waals surface area contributed by atoms with Crippen LogP contribution in [0.25, 0.3) is 10.2 Å². The summed E-state index contributed by atoms with van der Waals surface area (Å²) in [6, 6.07) is 17.3. The number of thiazole rings is 1. The Morgan fingerprint density at radius 1 is 1.04 bits per heavy atom. The maximum Gasteiger partial charge on any atom is 0.407 e. The summed E-state index contributed by atoms with van der Waals surface area (Å²) in [5.74, 6) is -0.451. The molecule has 0 aliphatic carbocycles. The van der Waals surface area contributed by atoms with E-state index in [1.165, 1.54) is 36.5 Å². The number of oxime groups is 1.